The van der Waals surface area contributed by atoms with Gasteiger partial charge in [0.1, 0.15) is 0 Å². The maximum atomic E-state index is 2.73. The van der Waals surface area contributed by atoms with E-state index in [-0.39, 0.29) is 0 Å². The minimum atomic E-state index is 0.685. The molecule has 1 saturated heterocycles. The lowest BCUT2D eigenvalue weighted by Gasteiger charge is -2.39. The molecule has 1 aliphatic carbocycles. The molecule has 106 valence electrons. The molecule has 1 unspecified atom stereocenters. The third-order valence-electron chi connectivity index (χ3n) is 4.92. The van der Waals surface area contributed by atoms with E-state index in [0.29, 0.717) is 6.04 Å². The first-order chi connectivity index (χ1) is 9.83. The van der Waals surface area contributed by atoms with E-state index < -0.39 is 0 Å². The number of fused-ring (bicyclic) bond motifs is 3. The lowest BCUT2D eigenvalue weighted by Crippen LogP contribution is -2.46. The first-order valence-electron chi connectivity index (χ1n) is 7.76. The molecule has 2 heterocycles. The Morgan fingerprint density at radius 2 is 1.90 bits per heavy atom. The third-order valence-corrected chi connectivity index (χ3v) is 6.23. The molecule has 0 radical (unpaired) electrons. The molecule has 1 aliphatic heterocycles. The van der Waals surface area contributed by atoms with Gasteiger partial charge >= 0.3 is 0 Å². The largest absolute Gasteiger partial charge is 0.304 e. The van der Waals surface area contributed by atoms with E-state index in [2.05, 4.69) is 41.1 Å². The first-order valence-corrected chi connectivity index (χ1v) is 8.57. The lowest BCUT2D eigenvalue weighted by molar-refractivity contribution is 0.104. The molecule has 0 N–H and O–H groups in total. The van der Waals surface area contributed by atoms with E-state index in [0.717, 1.165) is 0 Å². The molecule has 1 aromatic heterocycles. The number of rotatable bonds is 1. The van der Waals surface area contributed by atoms with Crippen molar-refractivity contribution in [3.8, 4) is 0 Å². The van der Waals surface area contributed by atoms with Gasteiger partial charge in [-0.15, -0.1) is 11.3 Å². The smallest absolute Gasteiger partial charge is 0.0445 e. The molecule has 2 aromatic rings. The van der Waals surface area contributed by atoms with Crippen molar-refractivity contribution in [1.82, 2.24) is 9.80 Å². The summed E-state index contributed by atoms with van der Waals surface area (Å²) in [6, 6.07) is 9.66. The minimum Gasteiger partial charge on any atom is -0.304 e. The fourth-order valence-corrected chi connectivity index (χ4v) is 5.15. The van der Waals surface area contributed by atoms with Gasteiger partial charge in [-0.25, -0.2) is 0 Å². The lowest BCUT2D eigenvalue weighted by atomic mass is 9.91. The number of benzene rings is 1. The maximum absolute atomic E-state index is 2.73. The number of hydrogen-bond donors (Lipinski definition) is 0. The van der Waals surface area contributed by atoms with Crippen molar-refractivity contribution in [2.75, 3.05) is 33.2 Å². The summed E-state index contributed by atoms with van der Waals surface area (Å²) in [5.41, 5.74) is 1.65. The second kappa shape index (κ2) is 5.14. The molecule has 0 amide bonds. The minimum absolute atomic E-state index is 0.685. The quantitative estimate of drug-likeness (QED) is 0.791. The molecule has 4 rings (SSSR count). The highest BCUT2D eigenvalue weighted by atomic mass is 32.1. The number of hydrogen-bond acceptors (Lipinski definition) is 3. The highest BCUT2D eigenvalue weighted by Crippen LogP contribution is 2.43. The number of aryl methyl sites for hydroxylation is 1. The van der Waals surface area contributed by atoms with E-state index in [1.165, 1.54) is 55.5 Å². The van der Waals surface area contributed by atoms with Crippen LogP contribution in [0.15, 0.2) is 24.3 Å². The Hall–Kier alpha value is -0.900. The maximum Gasteiger partial charge on any atom is 0.0445 e. The summed E-state index contributed by atoms with van der Waals surface area (Å²) in [5.74, 6) is 0. The summed E-state index contributed by atoms with van der Waals surface area (Å²) in [5, 5.41) is 1.52. The summed E-state index contributed by atoms with van der Waals surface area (Å²) in [6.45, 7) is 4.90. The Bertz CT molecular complexity index is 610. The van der Waals surface area contributed by atoms with Crippen LogP contribution in [-0.2, 0) is 6.42 Å². The Morgan fingerprint density at radius 3 is 2.75 bits per heavy atom. The van der Waals surface area contributed by atoms with Crippen molar-refractivity contribution < 1.29 is 0 Å². The fraction of sp³-hybridized carbons (Fsp3) is 0.529. The van der Waals surface area contributed by atoms with Crippen molar-refractivity contribution in [1.29, 1.82) is 0 Å². The van der Waals surface area contributed by atoms with Gasteiger partial charge in [-0.2, -0.15) is 0 Å². The second-order valence-corrected chi connectivity index (χ2v) is 7.27. The van der Waals surface area contributed by atoms with Crippen molar-refractivity contribution in [3.63, 3.8) is 0 Å². The summed E-state index contributed by atoms with van der Waals surface area (Å²) < 4.78 is 1.48. The summed E-state index contributed by atoms with van der Waals surface area (Å²) in [6.07, 6.45) is 3.98. The van der Waals surface area contributed by atoms with Crippen molar-refractivity contribution in [3.05, 3.63) is 34.7 Å². The van der Waals surface area contributed by atoms with E-state index in [9.17, 15) is 0 Å². The molecular weight excluding hydrogens is 264 g/mol. The zero-order valence-corrected chi connectivity index (χ0v) is 13.0. The van der Waals surface area contributed by atoms with E-state index in [1.54, 1.807) is 10.4 Å². The first kappa shape index (κ1) is 12.8. The van der Waals surface area contributed by atoms with Crippen molar-refractivity contribution >= 4 is 21.4 Å². The van der Waals surface area contributed by atoms with Crippen molar-refractivity contribution in [2.45, 2.75) is 25.3 Å². The van der Waals surface area contributed by atoms with Crippen LogP contribution in [0.5, 0.6) is 0 Å². The standard InChI is InChI=1S/C17H22N2S/c1-18-9-11-19(12-10-18)15-7-4-6-14-13-5-2-3-8-16(13)20-17(14)15/h2-3,5,8,15H,4,6-7,9-12H2,1H3. The molecule has 0 bridgehead atoms. The number of nitrogens with zero attached hydrogens (tertiary/aromatic N) is 2. The van der Waals surface area contributed by atoms with Gasteiger partial charge in [0.2, 0.25) is 0 Å². The molecule has 0 saturated carbocycles. The Balaban J connectivity index is 1.71. The molecule has 2 nitrogen and oxygen atoms in total. The van der Waals surface area contributed by atoms with Gasteiger partial charge in [0.25, 0.3) is 0 Å². The van der Waals surface area contributed by atoms with E-state index >= 15 is 0 Å². The third kappa shape index (κ3) is 2.09. The summed E-state index contributed by atoms with van der Waals surface area (Å²) in [7, 11) is 2.24. The Morgan fingerprint density at radius 1 is 1.10 bits per heavy atom. The van der Waals surface area contributed by atoms with Crippen LogP contribution in [-0.4, -0.2) is 43.0 Å². The van der Waals surface area contributed by atoms with E-state index in [4.69, 9.17) is 0 Å². The summed E-state index contributed by atoms with van der Waals surface area (Å²) >= 11 is 2.05. The normalized spacial score (nSPS) is 24.9. The molecule has 20 heavy (non-hydrogen) atoms. The average Bonchev–Trinajstić information content (AvgIpc) is 2.87. The van der Waals surface area contributed by atoms with Crippen LogP contribution in [0.3, 0.4) is 0 Å². The van der Waals surface area contributed by atoms with Gasteiger partial charge in [0, 0.05) is 41.8 Å². The van der Waals surface area contributed by atoms with E-state index in [1.807, 2.05) is 11.3 Å². The molecular formula is C17H22N2S. The molecule has 1 atom stereocenters. The monoisotopic (exact) mass is 286 g/mol. The summed E-state index contributed by atoms with van der Waals surface area (Å²) in [4.78, 5) is 6.85. The predicted octanol–water partition coefficient (Wildman–Crippen LogP) is 3.53. The molecule has 1 fully saturated rings. The number of thiophene rings is 1. The van der Waals surface area contributed by atoms with Crippen LogP contribution in [0.1, 0.15) is 29.3 Å². The highest BCUT2D eigenvalue weighted by molar-refractivity contribution is 7.19. The molecule has 1 aromatic carbocycles. The van der Waals surface area contributed by atoms with Gasteiger partial charge < -0.3 is 4.90 Å². The second-order valence-electron chi connectivity index (χ2n) is 6.19. The Labute approximate surface area is 125 Å². The zero-order chi connectivity index (χ0) is 13.5. The van der Waals surface area contributed by atoms with Gasteiger partial charge in [-0.05, 0) is 43.3 Å². The zero-order valence-electron chi connectivity index (χ0n) is 12.1. The predicted molar refractivity (Wildman–Crippen MR) is 86.6 cm³/mol. The molecule has 0 spiro atoms. The van der Waals surface area contributed by atoms with Gasteiger partial charge in [0.15, 0.2) is 0 Å². The topological polar surface area (TPSA) is 6.48 Å². The van der Waals surface area contributed by atoms with Gasteiger partial charge in [-0.1, -0.05) is 18.2 Å². The van der Waals surface area contributed by atoms with Crippen LogP contribution in [0.4, 0.5) is 0 Å². The molecule has 3 heteroatoms. The number of likely N-dealkylation sites (N-methyl/N-ethyl adjacent to an activating group) is 1. The average molecular weight is 286 g/mol. The van der Waals surface area contributed by atoms with Crippen LogP contribution in [0, 0.1) is 0 Å². The highest BCUT2D eigenvalue weighted by Gasteiger charge is 2.30. The Kier molecular flexibility index (Phi) is 3.29. The number of piperazine rings is 1. The van der Waals surface area contributed by atoms with Crippen LogP contribution < -0.4 is 0 Å². The van der Waals surface area contributed by atoms with Crippen LogP contribution in [0.2, 0.25) is 0 Å². The van der Waals surface area contributed by atoms with Crippen LogP contribution >= 0.6 is 11.3 Å². The van der Waals surface area contributed by atoms with Crippen molar-refractivity contribution in [2.24, 2.45) is 0 Å². The van der Waals surface area contributed by atoms with Crippen LogP contribution in [0.25, 0.3) is 10.1 Å². The molecule has 2 aliphatic rings. The van der Waals surface area contributed by atoms with Gasteiger partial charge in [0.05, 0.1) is 0 Å². The van der Waals surface area contributed by atoms with Gasteiger partial charge in [-0.3, -0.25) is 4.90 Å². The SMILES string of the molecule is CN1CCN(C2CCCc3c2sc2ccccc32)CC1. The fourth-order valence-electron chi connectivity index (χ4n) is 3.73.